The van der Waals surface area contributed by atoms with E-state index in [1.54, 1.807) is 0 Å². The van der Waals surface area contributed by atoms with Crippen molar-refractivity contribution in [1.82, 2.24) is 9.80 Å². The van der Waals surface area contributed by atoms with Gasteiger partial charge >= 0.3 is 0 Å². The van der Waals surface area contributed by atoms with Crippen molar-refractivity contribution < 1.29 is 14.4 Å². The van der Waals surface area contributed by atoms with Gasteiger partial charge in [0.15, 0.2) is 0 Å². The molecule has 0 atom stereocenters. The molecule has 2 aliphatic heterocycles. The summed E-state index contributed by atoms with van der Waals surface area (Å²) in [5.74, 6) is 0.0630. The molecule has 0 spiro atoms. The summed E-state index contributed by atoms with van der Waals surface area (Å²) in [4.78, 5) is 37.9. The van der Waals surface area contributed by atoms with Crippen LogP contribution in [-0.4, -0.2) is 46.7 Å². The summed E-state index contributed by atoms with van der Waals surface area (Å²) in [7, 11) is 0. The molecule has 5 nitrogen and oxygen atoms in total. The van der Waals surface area contributed by atoms with E-state index in [1.165, 1.54) is 4.90 Å². The largest absolute Gasteiger partial charge is 0.343 e. The molecule has 2 heterocycles. The van der Waals surface area contributed by atoms with Crippen molar-refractivity contribution in [3.05, 3.63) is 0 Å². The lowest BCUT2D eigenvalue weighted by Gasteiger charge is -2.35. The molecular weight excluding hydrogens is 220 g/mol. The molecule has 0 unspecified atom stereocenters. The highest BCUT2D eigenvalue weighted by atomic mass is 16.2. The molecule has 94 valence electrons. The Morgan fingerprint density at radius 3 is 2.18 bits per heavy atom. The summed E-state index contributed by atoms with van der Waals surface area (Å²) in [5, 5.41) is 0. The first-order valence-corrected chi connectivity index (χ1v) is 6.26. The number of nitrogens with zero attached hydrogens (tertiary/aromatic N) is 2. The molecule has 2 rings (SSSR count). The van der Waals surface area contributed by atoms with Crippen LogP contribution in [0.5, 0.6) is 0 Å². The Bertz CT molecular complexity index is 330. The molecule has 2 saturated heterocycles. The lowest BCUT2D eigenvalue weighted by Crippen LogP contribution is -2.48. The van der Waals surface area contributed by atoms with E-state index >= 15 is 0 Å². The quantitative estimate of drug-likeness (QED) is 0.660. The van der Waals surface area contributed by atoms with Crippen molar-refractivity contribution in [2.24, 2.45) is 0 Å². The molecule has 0 bridgehead atoms. The van der Waals surface area contributed by atoms with Gasteiger partial charge in [0.25, 0.3) is 0 Å². The van der Waals surface area contributed by atoms with E-state index in [0.717, 1.165) is 12.8 Å². The standard InChI is InChI=1S/C12H18N2O3/c1-2-10(15)13-7-5-9(6-8-13)14-11(16)3-4-12(14)17/h9H,2-8H2,1H3. The first-order valence-electron chi connectivity index (χ1n) is 6.26. The minimum absolute atomic E-state index is 0.0124. The minimum atomic E-state index is -0.0460. The van der Waals surface area contributed by atoms with Crippen LogP contribution in [0.2, 0.25) is 0 Å². The van der Waals surface area contributed by atoms with Gasteiger partial charge in [0.1, 0.15) is 0 Å². The highest BCUT2D eigenvalue weighted by Gasteiger charge is 2.36. The second-order valence-electron chi connectivity index (χ2n) is 4.62. The number of carbonyl (C=O) groups excluding carboxylic acids is 3. The second kappa shape index (κ2) is 4.85. The average molecular weight is 238 g/mol. The number of hydrogen-bond acceptors (Lipinski definition) is 3. The number of imide groups is 1. The SMILES string of the molecule is CCC(=O)N1CCC(N2C(=O)CCC2=O)CC1. The maximum absolute atomic E-state index is 11.6. The second-order valence-corrected chi connectivity index (χ2v) is 4.62. The molecule has 0 aromatic rings. The molecule has 0 N–H and O–H groups in total. The number of amides is 3. The molecule has 2 aliphatic rings. The number of piperidine rings is 1. The van der Waals surface area contributed by atoms with Crippen molar-refractivity contribution in [2.75, 3.05) is 13.1 Å². The third-order valence-electron chi connectivity index (χ3n) is 3.57. The third-order valence-corrected chi connectivity index (χ3v) is 3.57. The van der Waals surface area contributed by atoms with Crippen molar-refractivity contribution in [3.63, 3.8) is 0 Å². The number of rotatable bonds is 2. The van der Waals surface area contributed by atoms with Crippen LogP contribution in [-0.2, 0) is 14.4 Å². The fraction of sp³-hybridized carbons (Fsp3) is 0.750. The summed E-state index contributed by atoms with van der Waals surface area (Å²) in [6, 6.07) is 0.0124. The van der Waals surface area contributed by atoms with Gasteiger partial charge in [-0.1, -0.05) is 6.92 Å². The monoisotopic (exact) mass is 238 g/mol. The molecule has 2 fully saturated rings. The summed E-state index contributed by atoms with van der Waals surface area (Å²) in [5.41, 5.74) is 0. The van der Waals surface area contributed by atoms with Gasteiger partial charge in [-0.15, -0.1) is 0 Å². The van der Waals surface area contributed by atoms with Crippen LogP contribution in [0.25, 0.3) is 0 Å². The van der Waals surface area contributed by atoms with Crippen LogP contribution >= 0.6 is 0 Å². The zero-order valence-electron chi connectivity index (χ0n) is 10.1. The van der Waals surface area contributed by atoms with Gasteiger partial charge in [-0.25, -0.2) is 0 Å². The van der Waals surface area contributed by atoms with E-state index in [9.17, 15) is 14.4 Å². The smallest absolute Gasteiger partial charge is 0.229 e. The molecule has 0 aliphatic carbocycles. The van der Waals surface area contributed by atoms with Crippen LogP contribution in [0.1, 0.15) is 39.0 Å². The topological polar surface area (TPSA) is 57.7 Å². The molecule has 0 radical (unpaired) electrons. The van der Waals surface area contributed by atoms with E-state index in [2.05, 4.69) is 0 Å². The van der Waals surface area contributed by atoms with Crippen LogP contribution in [0.4, 0.5) is 0 Å². The molecule has 0 saturated carbocycles. The Morgan fingerprint density at radius 1 is 1.18 bits per heavy atom. The first-order chi connectivity index (χ1) is 8.13. The summed E-state index contributed by atoms with van der Waals surface area (Å²) < 4.78 is 0. The summed E-state index contributed by atoms with van der Waals surface area (Å²) in [6.07, 6.45) is 2.68. The van der Waals surface area contributed by atoms with Crippen molar-refractivity contribution in [2.45, 2.75) is 45.1 Å². The number of hydrogen-bond donors (Lipinski definition) is 0. The summed E-state index contributed by atoms with van der Waals surface area (Å²) in [6.45, 7) is 3.17. The van der Waals surface area contributed by atoms with E-state index in [0.29, 0.717) is 32.4 Å². The zero-order valence-corrected chi connectivity index (χ0v) is 10.1. The van der Waals surface area contributed by atoms with Crippen LogP contribution < -0.4 is 0 Å². The zero-order chi connectivity index (χ0) is 12.4. The molecular formula is C12H18N2O3. The average Bonchev–Trinajstić information content (AvgIpc) is 2.68. The van der Waals surface area contributed by atoms with E-state index in [-0.39, 0.29) is 23.8 Å². The Balaban J connectivity index is 1.93. The lowest BCUT2D eigenvalue weighted by atomic mass is 10.0. The fourth-order valence-corrected chi connectivity index (χ4v) is 2.60. The molecule has 0 aromatic heterocycles. The van der Waals surface area contributed by atoms with Crippen molar-refractivity contribution in [1.29, 1.82) is 0 Å². The van der Waals surface area contributed by atoms with E-state index in [4.69, 9.17) is 0 Å². The Morgan fingerprint density at radius 2 is 1.71 bits per heavy atom. The summed E-state index contributed by atoms with van der Waals surface area (Å²) >= 11 is 0. The van der Waals surface area contributed by atoms with Crippen molar-refractivity contribution in [3.8, 4) is 0 Å². The van der Waals surface area contributed by atoms with Gasteiger partial charge in [0.05, 0.1) is 0 Å². The number of carbonyl (C=O) groups is 3. The van der Waals surface area contributed by atoms with Gasteiger partial charge in [0, 0.05) is 38.4 Å². The van der Waals surface area contributed by atoms with Gasteiger partial charge in [-0.2, -0.15) is 0 Å². The van der Waals surface area contributed by atoms with Crippen molar-refractivity contribution >= 4 is 17.7 Å². The molecule has 0 aromatic carbocycles. The maximum atomic E-state index is 11.6. The van der Waals surface area contributed by atoms with Gasteiger partial charge in [0.2, 0.25) is 17.7 Å². The fourth-order valence-electron chi connectivity index (χ4n) is 2.60. The van der Waals surface area contributed by atoms with E-state index < -0.39 is 0 Å². The highest BCUT2D eigenvalue weighted by Crippen LogP contribution is 2.23. The van der Waals surface area contributed by atoms with Gasteiger partial charge in [-0.3, -0.25) is 19.3 Å². The Kier molecular flexibility index (Phi) is 3.45. The highest BCUT2D eigenvalue weighted by molar-refractivity contribution is 6.02. The molecule has 3 amide bonds. The molecule has 5 heteroatoms. The van der Waals surface area contributed by atoms with Crippen LogP contribution in [0, 0.1) is 0 Å². The van der Waals surface area contributed by atoms with Gasteiger partial charge in [-0.05, 0) is 12.8 Å². The third kappa shape index (κ3) is 2.33. The molecule has 17 heavy (non-hydrogen) atoms. The maximum Gasteiger partial charge on any atom is 0.229 e. The van der Waals surface area contributed by atoms with Crippen LogP contribution in [0.15, 0.2) is 0 Å². The predicted octanol–water partition coefficient (Wildman–Crippen LogP) is 0.536. The lowest BCUT2D eigenvalue weighted by molar-refractivity contribution is -0.142. The predicted molar refractivity (Wildman–Crippen MR) is 61.0 cm³/mol. The first kappa shape index (κ1) is 12.1. The minimum Gasteiger partial charge on any atom is -0.343 e. The van der Waals surface area contributed by atoms with Crippen LogP contribution in [0.3, 0.4) is 0 Å². The Hall–Kier alpha value is -1.39. The Labute approximate surface area is 101 Å². The van der Waals surface area contributed by atoms with E-state index in [1.807, 2.05) is 11.8 Å². The van der Waals surface area contributed by atoms with Gasteiger partial charge < -0.3 is 4.90 Å². The number of likely N-dealkylation sites (tertiary alicyclic amines) is 2. The normalized spacial score (nSPS) is 22.4.